The molecule has 0 aliphatic carbocycles. The Bertz CT molecular complexity index is 638. The molecule has 0 unspecified atom stereocenters. The number of hydrogen-bond donors (Lipinski definition) is 2. The summed E-state index contributed by atoms with van der Waals surface area (Å²) < 4.78 is 5.31. The van der Waals surface area contributed by atoms with Gasteiger partial charge < -0.3 is 15.4 Å². The second-order valence-corrected chi connectivity index (χ2v) is 5.74. The molecule has 0 aromatic heterocycles. The summed E-state index contributed by atoms with van der Waals surface area (Å²) in [7, 11) is 1.66. The second kappa shape index (κ2) is 9.60. The third kappa shape index (κ3) is 5.61. The smallest absolute Gasteiger partial charge is 0.319 e. The van der Waals surface area contributed by atoms with Gasteiger partial charge in [0.25, 0.3) is 0 Å². The zero-order valence-corrected chi connectivity index (χ0v) is 14.5. The average Bonchev–Trinajstić information content (AvgIpc) is 2.61. The monoisotopic (exact) mass is 326 g/mol. The minimum atomic E-state index is -0.189. The number of methoxy groups -OCH3 is 1. The molecule has 0 fully saturated rings. The van der Waals surface area contributed by atoms with Crippen molar-refractivity contribution in [3.8, 4) is 5.75 Å². The fraction of sp³-hybridized carbons (Fsp3) is 0.350. The summed E-state index contributed by atoms with van der Waals surface area (Å²) in [5, 5.41) is 5.73. The SMILES string of the molecule is CCCCc1ccc(NC(=O)NCCc2ccccc2OC)cc1. The van der Waals surface area contributed by atoms with Crippen molar-refractivity contribution in [1.82, 2.24) is 5.32 Å². The molecule has 0 radical (unpaired) electrons. The van der Waals surface area contributed by atoms with E-state index in [1.54, 1.807) is 7.11 Å². The number of ether oxygens (including phenoxy) is 1. The van der Waals surface area contributed by atoms with Crippen LogP contribution in [0.1, 0.15) is 30.9 Å². The number of benzene rings is 2. The summed E-state index contributed by atoms with van der Waals surface area (Å²) in [4.78, 5) is 12.0. The number of urea groups is 1. The fourth-order valence-corrected chi connectivity index (χ4v) is 2.53. The van der Waals surface area contributed by atoms with Crippen molar-refractivity contribution in [1.29, 1.82) is 0 Å². The van der Waals surface area contributed by atoms with Crippen LogP contribution in [-0.2, 0) is 12.8 Å². The number of carbonyl (C=O) groups excluding carboxylic acids is 1. The van der Waals surface area contributed by atoms with Gasteiger partial charge in [-0.2, -0.15) is 0 Å². The zero-order chi connectivity index (χ0) is 17.2. The number of aryl methyl sites for hydroxylation is 1. The van der Waals surface area contributed by atoms with Gasteiger partial charge in [0, 0.05) is 12.2 Å². The van der Waals surface area contributed by atoms with Crippen LogP contribution in [0.15, 0.2) is 48.5 Å². The fourth-order valence-electron chi connectivity index (χ4n) is 2.53. The Labute approximate surface area is 144 Å². The van der Waals surface area contributed by atoms with Gasteiger partial charge in [0.2, 0.25) is 0 Å². The van der Waals surface area contributed by atoms with Gasteiger partial charge in [0.15, 0.2) is 0 Å². The van der Waals surface area contributed by atoms with Gasteiger partial charge in [-0.25, -0.2) is 4.79 Å². The normalized spacial score (nSPS) is 10.2. The summed E-state index contributed by atoms with van der Waals surface area (Å²) in [6, 6.07) is 15.7. The number of hydrogen-bond acceptors (Lipinski definition) is 2. The van der Waals surface area contributed by atoms with Gasteiger partial charge in [0.1, 0.15) is 5.75 Å². The molecule has 2 N–H and O–H groups in total. The standard InChI is InChI=1S/C20H26N2O2/c1-3-4-7-16-10-12-18(13-11-16)22-20(23)21-15-14-17-8-5-6-9-19(17)24-2/h5-6,8-13H,3-4,7,14-15H2,1-2H3,(H2,21,22,23). The summed E-state index contributed by atoms with van der Waals surface area (Å²) >= 11 is 0. The minimum Gasteiger partial charge on any atom is -0.496 e. The predicted octanol–water partition coefficient (Wildman–Crippen LogP) is 4.40. The molecule has 0 spiro atoms. The molecule has 4 heteroatoms. The van der Waals surface area contributed by atoms with Gasteiger partial charge in [-0.3, -0.25) is 0 Å². The number of rotatable bonds is 8. The van der Waals surface area contributed by atoms with Crippen molar-refractivity contribution in [3.05, 3.63) is 59.7 Å². The van der Waals surface area contributed by atoms with Crippen LogP contribution in [0.2, 0.25) is 0 Å². The molecule has 0 aliphatic heterocycles. The molecule has 0 atom stereocenters. The average molecular weight is 326 g/mol. The highest BCUT2D eigenvalue weighted by Gasteiger charge is 2.04. The molecule has 0 saturated carbocycles. The first kappa shape index (κ1) is 17.9. The molecular weight excluding hydrogens is 300 g/mol. The number of para-hydroxylation sites is 1. The number of anilines is 1. The van der Waals surface area contributed by atoms with Gasteiger partial charge in [-0.15, -0.1) is 0 Å². The van der Waals surface area contributed by atoms with Crippen molar-refractivity contribution < 1.29 is 9.53 Å². The Morgan fingerprint density at radius 3 is 2.50 bits per heavy atom. The van der Waals surface area contributed by atoms with Crippen LogP contribution in [-0.4, -0.2) is 19.7 Å². The van der Waals surface area contributed by atoms with E-state index in [0.717, 1.165) is 29.8 Å². The van der Waals surface area contributed by atoms with Crippen molar-refractivity contribution in [2.45, 2.75) is 32.6 Å². The van der Waals surface area contributed by atoms with E-state index in [1.165, 1.54) is 18.4 Å². The summed E-state index contributed by atoms with van der Waals surface area (Å²) in [5.41, 5.74) is 3.20. The third-order valence-electron chi connectivity index (χ3n) is 3.90. The highest BCUT2D eigenvalue weighted by Crippen LogP contribution is 2.17. The molecule has 0 bridgehead atoms. The maximum absolute atomic E-state index is 12.0. The Morgan fingerprint density at radius 2 is 1.79 bits per heavy atom. The van der Waals surface area contributed by atoms with Crippen LogP contribution in [0.25, 0.3) is 0 Å². The van der Waals surface area contributed by atoms with E-state index in [0.29, 0.717) is 6.54 Å². The molecular formula is C20H26N2O2. The molecule has 2 aromatic carbocycles. The molecule has 128 valence electrons. The Hall–Kier alpha value is -2.49. The molecule has 24 heavy (non-hydrogen) atoms. The lowest BCUT2D eigenvalue weighted by atomic mass is 10.1. The lowest BCUT2D eigenvalue weighted by Gasteiger charge is -2.10. The Morgan fingerprint density at radius 1 is 1.04 bits per heavy atom. The second-order valence-electron chi connectivity index (χ2n) is 5.74. The summed E-state index contributed by atoms with van der Waals surface area (Å²) in [5.74, 6) is 0.849. The van der Waals surface area contributed by atoms with Crippen LogP contribution in [0.3, 0.4) is 0 Å². The summed E-state index contributed by atoms with van der Waals surface area (Å²) in [6.45, 7) is 2.74. The third-order valence-corrected chi connectivity index (χ3v) is 3.90. The maximum Gasteiger partial charge on any atom is 0.319 e. The summed E-state index contributed by atoms with van der Waals surface area (Å²) in [6.07, 6.45) is 4.19. The van der Waals surface area contributed by atoms with Gasteiger partial charge in [-0.1, -0.05) is 43.7 Å². The highest BCUT2D eigenvalue weighted by molar-refractivity contribution is 5.89. The number of nitrogens with one attached hydrogen (secondary N) is 2. The molecule has 0 heterocycles. The first-order valence-electron chi connectivity index (χ1n) is 8.48. The zero-order valence-electron chi connectivity index (χ0n) is 14.5. The number of amides is 2. The lowest BCUT2D eigenvalue weighted by Crippen LogP contribution is -2.30. The van der Waals surface area contributed by atoms with Crippen molar-refractivity contribution in [2.75, 3.05) is 19.0 Å². The first-order valence-corrected chi connectivity index (χ1v) is 8.48. The first-order chi connectivity index (χ1) is 11.7. The van der Waals surface area contributed by atoms with E-state index in [9.17, 15) is 4.79 Å². The van der Waals surface area contributed by atoms with E-state index in [-0.39, 0.29) is 6.03 Å². The Balaban J connectivity index is 1.77. The molecule has 4 nitrogen and oxygen atoms in total. The Kier molecular flexibility index (Phi) is 7.15. The van der Waals surface area contributed by atoms with Gasteiger partial charge in [0.05, 0.1) is 7.11 Å². The molecule has 2 rings (SSSR count). The number of carbonyl (C=O) groups is 1. The quantitative estimate of drug-likeness (QED) is 0.755. The van der Waals surface area contributed by atoms with E-state index < -0.39 is 0 Å². The molecule has 2 aromatic rings. The lowest BCUT2D eigenvalue weighted by molar-refractivity contribution is 0.252. The van der Waals surface area contributed by atoms with E-state index in [2.05, 4.69) is 29.7 Å². The molecule has 2 amide bonds. The van der Waals surface area contributed by atoms with Crippen molar-refractivity contribution >= 4 is 11.7 Å². The number of unbranched alkanes of at least 4 members (excludes halogenated alkanes) is 1. The van der Waals surface area contributed by atoms with E-state index in [1.807, 2.05) is 36.4 Å². The predicted molar refractivity (Wildman–Crippen MR) is 98.8 cm³/mol. The van der Waals surface area contributed by atoms with Crippen LogP contribution in [0.5, 0.6) is 5.75 Å². The van der Waals surface area contributed by atoms with Gasteiger partial charge >= 0.3 is 6.03 Å². The van der Waals surface area contributed by atoms with Crippen LogP contribution < -0.4 is 15.4 Å². The highest BCUT2D eigenvalue weighted by atomic mass is 16.5. The van der Waals surface area contributed by atoms with E-state index in [4.69, 9.17) is 4.74 Å². The van der Waals surface area contributed by atoms with Crippen molar-refractivity contribution in [2.24, 2.45) is 0 Å². The largest absolute Gasteiger partial charge is 0.496 e. The van der Waals surface area contributed by atoms with Crippen LogP contribution >= 0.6 is 0 Å². The topological polar surface area (TPSA) is 50.4 Å². The van der Waals surface area contributed by atoms with Crippen LogP contribution in [0.4, 0.5) is 10.5 Å². The van der Waals surface area contributed by atoms with Gasteiger partial charge in [-0.05, 0) is 48.6 Å². The molecule has 0 saturated heterocycles. The van der Waals surface area contributed by atoms with Crippen molar-refractivity contribution in [3.63, 3.8) is 0 Å². The molecule has 0 aliphatic rings. The minimum absolute atomic E-state index is 0.189. The maximum atomic E-state index is 12.0. The van der Waals surface area contributed by atoms with E-state index >= 15 is 0 Å². The van der Waals surface area contributed by atoms with Crippen LogP contribution in [0, 0.1) is 0 Å².